The van der Waals surface area contributed by atoms with E-state index in [0.717, 1.165) is 13.0 Å². The van der Waals surface area contributed by atoms with Gasteiger partial charge in [-0.2, -0.15) is 11.8 Å². The number of amides is 1. The molecule has 3 nitrogen and oxygen atoms in total. The van der Waals surface area contributed by atoms with Crippen molar-refractivity contribution in [3.63, 3.8) is 0 Å². The monoisotopic (exact) mass is 278 g/mol. The van der Waals surface area contributed by atoms with Crippen molar-refractivity contribution in [2.45, 2.75) is 36.5 Å². The summed E-state index contributed by atoms with van der Waals surface area (Å²) in [5, 5.41) is 2.99. The van der Waals surface area contributed by atoms with Crippen LogP contribution in [-0.4, -0.2) is 29.5 Å². The van der Waals surface area contributed by atoms with Crippen molar-refractivity contribution < 1.29 is 4.79 Å². The number of carbonyl (C=O) groups excluding carboxylic acids is 1. The van der Waals surface area contributed by atoms with Crippen LogP contribution < -0.4 is 11.1 Å². The molecular weight excluding hydrogens is 256 g/mol. The summed E-state index contributed by atoms with van der Waals surface area (Å²) in [5.74, 6) is -0.0174. The van der Waals surface area contributed by atoms with Gasteiger partial charge in [0.25, 0.3) is 0 Å². The Morgan fingerprint density at radius 1 is 1.42 bits per heavy atom. The van der Waals surface area contributed by atoms with E-state index in [-0.39, 0.29) is 5.91 Å². The van der Waals surface area contributed by atoms with Gasteiger partial charge in [0.2, 0.25) is 5.91 Å². The zero-order valence-corrected chi connectivity index (χ0v) is 12.2. The molecular formula is C15H22N2OS. The van der Waals surface area contributed by atoms with E-state index >= 15 is 0 Å². The normalized spacial score (nSPS) is 17.8. The lowest BCUT2D eigenvalue weighted by molar-refractivity contribution is -0.122. The van der Waals surface area contributed by atoms with Crippen LogP contribution in [0.4, 0.5) is 0 Å². The third kappa shape index (κ3) is 4.25. The molecule has 0 bridgehead atoms. The van der Waals surface area contributed by atoms with Crippen LogP contribution in [0, 0.1) is 0 Å². The average molecular weight is 278 g/mol. The first kappa shape index (κ1) is 14.4. The Kier molecular flexibility index (Phi) is 4.88. The molecule has 1 aromatic rings. The summed E-state index contributed by atoms with van der Waals surface area (Å²) < 4.78 is 0.300. The van der Waals surface area contributed by atoms with Gasteiger partial charge in [-0.3, -0.25) is 4.79 Å². The molecule has 1 aliphatic rings. The smallest absolute Gasteiger partial charge is 0.236 e. The van der Waals surface area contributed by atoms with Gasteiger partial charge in [-0.05, 0) is 37.5 Å². The summed E-state index contributed by atoms with van der Waals surface area (Å²) in [7, 11) is 0. The largest absolute Gasteiger partial charge is 0.353 e. The first-order chi connectivity index (χ1) is 9.15. The van der Waals surface area contributed by atoms with Crippen LogP contribution in [0.2, 0.25) is 0 Å². The Morgan fingerprint density at radius 3 is 2.68 bits per heavy atom. The second-order valence-corrected chi connectivity index (χ2v) is 6.51. The second kappa shape index (κ2) is 6.44. The number of aryl methyl sites for hydroxylation is 1. The fourth-order valence-corrected chi connectivity index (χ4v) is 2.80. The summed E-state index contributed by atoms with van der Waals surface area (Å²) in [4.78, 5) is 11.9. The molecule has 1 amide bonds. The molecule has 1 aromatic carbocycles. The van der Waals surface area contributed by atoms with Crippen LogP contribution in [-0.2, 0) is 11.2 Å². The summed E-state index contributed by atoms with van der Waals surface area (Å²) in [5.41, 5.74) is 7.17. The first-order valence-electron chi connectivity index (χ1n) is 6.78. The first-order valence-corrected chi connectivity index (χ1v) is 8.00. The van der Waals surface area contributed by atoms with E-state index in [4.69, 9.17) is 5.73 Å². The highest BCUT2D eigenvalue weighted by Crippen LogP contribution is 2.46. The molecule has 3 N–H and O–H groups in total. The molecule has 19 heavy (non-hydrogen) atoms. The van der Waals surface area contributed by atoms with Gasteiger partial charge in [0.15, 0.2) is 0 Å². The summed E-state index contributed by atoms with van der Waals surface area (Å²) in [6.07, 6.45) is 6.06. The lowest BCUT2D eigenvalue weighted by atomic mass is 10.1. The minimum absolute atomic E-state index is 0.0174. The number of thioether (sulfide) groups is 1. The van der Waals surface area contributed by atoms with Crippen molar-refractivity contribution in [3.8, 4) is 0 Å². The Balaban J connectivity index is 1.70. The maximum Gasteiger partial charge on any atom is 0.236 e. The van der Waals surface area contributed by atoms with Gasteiger partial charge in [0.1, 0.15) is 0 Å². The van der Waals surface area contributed by atoms with Gasteiger partial charge >= 0.3 is 0 Å². The third-order valence-electron chi connectivity index (χ3n) is 3.75. The van der Waals surface area contributed by atoms with Gasteiger partial charge < -0.3 is 11.1 Å². The van der Waals surface area contributed by atoms with Crippen LogP contribution in [0.15, 0.2) is 30.3 Å². The summed E-state index contributed by atoms with van der Waals surface area (Å²) in [6.45, 7) is 0.756. The highest BCUT2D eigenvalue weighted by atomic mass is 32.2. The van der Waals surface area contributed by atoms with E-state index in [2.05, 4.69) is 23.7 Å². The zero-order valence-electron chi connectivity index (χ0n) is 11.4. The molecule has 104 valence electrons. The zero-order chi connectivity index (χ0) is 13.7. The third-order valence-corrected chi connectivity index (χ3v) is 5.17. The molecule has 0 aliphatic heterocycles. The molecule has 1 saturated carbocycles. The predicted octanol–water partition coefficient (Wildman–Crippen LogP) is 1.96. The van der Waals surface area contributed by atoms with Crippen molar-refractivity contribution in [1.29, 1.82) is 0 Å². The van der Waals surface area contributed by atoms with Crippen molar-refractivity contribution in [2.24, 2.45) is 5.73 Å². The van der Waals surface area contributed by atoms with Crippen LogP contribution in [0.25, 0.3) is 0 Å². The average Bonchev–Trinajstić information content (AvgIpc) is 3.24. The molecule has 1 fully saturated rings. The van der Waals surface area contributed by atoms with Gasteiger partial charge in [-0.15, -0.1) is 0 Å². The number of carbonyl (C=O) groups is 1. The standard InChI is InChI=1S/C15H22N2OS/c1-19-15(9-10-15)11-17-14(18)13(16)8-7-12-5-3-2-4-6-12/h2-6,13H,7-11,16H2,1H3,(H,17,18). The maximum absolute atomic E-state index is 11.9. The molecule has 1 aliphatic carbocycles. The summed E-state index contributed by atoms with van der Waals surface area (Å²) >= 11 is 1.85. The Hall–Kier alpha value is -1.00. The van der Waals surface area contributed by atoms with E-state index in [9.17, 15) is 4.79 Å². The molecule has 1 unspecified atom stereocenters. The molecule has 0 spiro atoms. The maximum atomic E-state index is 11.9. The lowest BCUT2D eigenvalue weighted by Gasteiger charge is -2.16. The van der Waals surface area contributed by atoms with Gasteiger partial charge in [0.05, 0.1) is 6.04 Å². The van der Waals surface area contributed by atoms with Crippen molar-refractivity contribution >= 4 is 17.7 Å². The topological polar surface area (TPSA) is 55.1 Å². The van der Waals surface area contributed by atoms with E-state index in [1.807, 2.05) is 30.0 Å². The van der Waals surface area contributed by atoms with Crippen LogP contribution in [0.5, 0.6) is 0 Å². The SMILES string of the molecule is CSC1(CNC(=O)C(N)CCc2ccccc2)CC1. The highest BCUT2D eigenvalue weighted by molar-refractivity contribution is 8.00. The highest BCUT2D eigenvalue weighted by Gasteiger charge is 2.42. The fourth-order valence-electron chi connectivity index (χ4n) is 2.07. The van der Waals surface area contributed by atoms with Gasteiger partial charge in [-0.25, -0.2) is 0 Å². The quantitative estimate of drug-likeness (QED) is 0.801. The summed E-state index contributed by atoms with van der Waals surface area (Å²) in [6, 6.07) is 9.74. The van der Waals surface area contributed by atoms with E-state index in [0.29, 0.717) is 11.2 Å². The number of nitrogens with two attached hydrogens (primary N) is 1. The van der Waals surface area contributed by atoms with E-state index in [1.54, 1.807) is 0 Å². The van der Waals surface area contributed by atoms with E-state index < -0.39 is 6.04 Å². The van der Waals surface area contributed by atoms with E-state index in [1.165, 1.54) is 18.4 Å². The van der Waals surface area contributed by atoms with Crippen LogP contribution in [0.1, 0.15) is 24.8 Å². The van der Waals surface area contributed by atoms with Crippen LogP contribution >= 0.6 is 11.8 Å². The van der Waals surface area contributed by atoms with Crippen molar-refractivity contribution in [2.75, 3.05) is 12.8 Å². The van der Waals surface area contributed by atoms with Gasteiger partial charge in [0, 0.05) is 11.3 Å². The second-order valence-electron chi connectivity index (χ2n) is 5.24. The lowest BCUT2D eigenvalue weighted by Crippen LogP contribution is -2.43. The number of rotatable bonds is 7. The fraction of sp³-hybridized carbons (Fsp3) is 0.533. The Bertz CT molecular complexity index is 417. The Labute approximate surface area is 119 Å². The Morgan fingerprint density at radius 2 is 2.11 bits per heavy atom. The predicted molar refractivity (Wildman–Crippen MR) is 81.2 cm³/mol. The van der Waals surface area contributed by atoms with Crippen LogP contribution in [0.3, 0.4) is 0 Å². The molecule has 0 heterocycles. The van der Waals surface area contributed by atoms with Crippen molar-refractivity contribution in [1.82, 2.24) is 5.32 Å². The molecule has 2 rings (SSSR count). The molecule has 0 radical (unpaired) electrons. The van der Waals surface area contributed by atoms with Crippen molar-refractivity contribution in [3.05, 3.63) is 35.9 Å². The minimum Gasteiger partial charge on any atom is -0.353 e. The van der Waals surface area contributed by atoms with Gasteiger partial charge in [-0.1, -0.05) is 30.3 Å². The number of benzene rings is 1. The minimum atomic E-state index is -0.405. The molecule has 1 atom stereocenters. The number of nitrogens with one attached hydrogen (secondary N) is 1. The number of hydrogen-bond donors (Lipinski definition) is 2. The molecule has 0 aromatic heterocycles. The number of hydrogen-bond acceptors (Lipinski definition) is 3. The molecule has 4 heteroatoms. The molecule has 0 saturated heterocycles.